The fourth-order valence-electron chi connectivity index (χ4n) is 2.10. The maximum atomic E-state index is 12.0. The van der Waals surface area contributed by atoms with Crippen molar-refractivity contribution in [3.63, 3.8) is 0 Å². The number of carbonyl (C=O) groups is 1. The number of alkyl halides is 1. The third-order valence-electron chi connectivity index (χ3n) is 3.36. The summed E-state index contributed by atoms with van der Waals surface area (Å²) in [5, 5.41) is 0. The first-order valence-corrected chi connectivity index (χ1v) is 8.30. The average Bonchev–Trinajstić information content (AvgIpc) is 2.35. The summed E-state index contributed by atoms with van der Waals surface area (Å²) in [5.41, 5.74) is 0. The first-order chi connectivity index (χ1) is 8.24. The summed E-state index contributed by atoms with van der Waals surface area (Å²) in [6.45, 7) is 0.886. The second-order valence-corrected chi connectivity index (χ2v) is 6.43. The molecule has 0 spiro atoms. The van der Waals surface area contributed by atoms with E-state index in [2.05, 4.69) is 0 Å². The molecule has 0 saturated carbocycles. The molecule has 0 atom stereocenters. The number of carbonyl (C=O) groups excluding carboxylic acids is 1. The Labute approximate surface area is 114 Å². The van der Waals surface area contributed by atoms with Gasteiger partial charge in [0, 0.05) is 25.9 Å². The molecule has 0 aromatic heterocycles. The van der Waals surface area contributed by atoms with Gasteiger partial charge in [-0.25, -0.2) is 0 Å². The quantitative estimate of drug-likeness (QED) is 0.525. The molecule has 0 unspecified atom stereocenters. The van der Waals surface area contributed by atoms with Crippen LogP contribution in [0.15, 0.2) is 0 Å². The van der Waals surface area contributed by atoms with Gasteiger partial charge in [0.25, 0.3) is 0 Å². The number of thioether (sulfide) groups is 1. The Bertz CT molecular complexity index is 219. The zero-order valence-electron chi connectivity index (χ0n) is 10.8. The molecule has 0 aliphatic carbocycles. The highest BCUT2D eigenvalue weighted by molar-refractivity contribution is 7.99. The van der Waals surface area contributed by atoms with Gasteiger partial charge in [-0.3, -0.25) is 4.79 Å². The lowest BCUT2D eigenvalue weighted by molar-refractivity contribution is -0.131. The molecule has 1 heterocycles. The van der Waals surface area contributed by atoms with Gasteiger partial charge in [0.1, 0.15) is 0 Å². The standard InChI is InChI=1S/C13H24ClNOS/c1-15(8-4-2-3-7-14)13(16)11-12-5-9-17-10-6-12/h12H,2-11H2,1H3. The van der Waals surface area contributed by atoms with Crippen LogP contribution in [0.5, 0.6) is 0 Å². The molecule has 1 amide bonds. The Balaban J connectivity index is 2.12. The van der Waals surface area contributed by atoms with Crippen LogP contribution < -0.4 is 0 Å². The Morgan fingerprint density at radius 3 is 2.65 bits per heavy atom. The van der Waals surface area contributed by atoms with E-state index in [1.54, 1.807) is 0 Å². The maximum absolute atomic E-state index is 12.0. The lowest BCUT2D eigenvalue weighted by atomic mass is 9.98. The van der Waals surface area contributed by atoms with E-state index in [1.807, 2.05) is 23.7 Å². The van der Waals surface area contributed by atoms with E-state index in [-0.39, 0.29) is 0 Å². The van der Waals surface area contributed by atoms with Crippen molar-refractivity contribution in [3.05, 3.63) is 0 Å². The van der Waals surface area contributed by atoms with Gasteiger partial charge in [0.05, 0.1) is 0 Å². The number of halogens is 1. The van der Waals surface area contributed by atoms with Crippen LogP contribution in [0.1, 0.15) is 38.5 Å². The third-order valence-corrected chi connectivity index (χ3v) is 4.67. The highest BCUT2D eigenvalue weighted by atomic mass is 35.5. The molecule has 1 saturated heterocycles. The molecule has 4 heteroatoms. The zero-order chi connectivity index (χ0) is 12.5. The lowest BCUT2D eigenvalue weighted by Crippen LogP contribution is -2.30. The molecule has 0 radical (unpaired) electrons. The Hall–Kier alpha value is 0.110. The molecule has 17 heavy (non-hydrogen) atoms. The second-order valence-electron chi connectivity index (χ2n) is 4.82. The van der Waals surface area contributed by atoms with Crippen LogP contribution in [0, 0.1) is 5.92 Å². The molecular formula is C13H24ClNOS. The van der Waals surface area contributed by atoms with Crippen molar-refractivity contribution in [2.45, 2.75) is 38.5 Å². The first kappa shape index (κ1) is 15.2. The predicted octanol–water partition coefficient (Wildman–Crippen LogP) is 3.39. The fourth-order valence-corrected chi connectivity index (χ4v) is 3.49. The smallest absolute Gasteiger partial charge is 0.222 e. The van der Waals surface area contributed by atoms with Gasteiger partial charge in [-0.1, -0.05) is 6.42 Å². The van der Waals surface area contributed by atoms with Gasteiger partial charge in [0.2, 0.25) is 5.91 Å². The van der Waals surface area contributed by atoms with Crippen molar-refractivity contribution in [3.8, 4) is 0 Å². The highest BCUT2D eigenvalue weighted by Crippen LogP contribution is 2.25. The summed E-state index contributed by atoms with van der Waals surface area (Å²) in [4.78, 5) is 13.9. The normalized spacial score (nSPS) is 17.1. The van der Waals surface area contributed by atoms with Crippen LogP contribution in [0.25, 0.3) is 0 Å². The molecule has 0 aromatic carbocycles. The van der Waals surface area contributed by atoms with Crippen LogP contribution in [0.4, 0.5) is 0 Å². The summed E-state index contributed by atoms with van der Waals surface area (Å²) in [5.74, 6) is 4.16. The van der Waals surface area contributed by atoms with E-state index in [0.717, 1.165) is 38.1 Å². The summed E-state index contributed by atoms with van der Waals surface area (Å²) >= 11 is 7.64. The minimum atomic E-state index is 0.327. The lowest BCUT2D eigenvalue weighted by Gasteiger charge is -2.24. The van der Waals surface area contributed by atoms with Gasteiger partial charge in [0.15, 0.2) is 0 Å². The summed E-state index contributed by atoms with van der Waals surface area (Å²) in [6, 6.07) is 0. The Morgan fingerprint density at radius 1 is 1.29 bits per heavy atom. The SMILES string of the molecule is CN(CCCCCCl)C(=O)CC1CCSCC1. The van der Waals surface area contributed by atoms with Crippen LogP contribution >= 0.6 is 23.4 Å². The van der Waals surface area contributed by atoms with Gasteiger partial charge < -0.3 is 4.90 Å². The van der Waals surface area contributed by atoms with Crippen molar-refractivity contribution in [1.82, 2.24) is 4.90 Å². The van der Waals surface area contributed by atoms with Gasteiger partial charge >= 0.3 is 0 Å². The Morgan fingerprint density at radius 2 is 2.00 bits per heavy atom. The van der Waals surface area contributed by atoms with Crippen LogP contribution in [-0.2, 0) is 4.79 Å². The maximum Gasteiger partial charge on any atom is 0.222 e. The molecule has 1 fully saturated rings. The highest BCUT2D eigenvalue weighted by Gasteiger charge is 2.19. The molecule has 100 valence electrons. The number of unbranched alkanes of at least 4 members (excludes halogenated alkanes) is 2. The minimum absolute atomic E-state index is 0.327. The molecule has 0 aromatic rings. The van der Waals surface area contributed by atoms with Crippen LogP contribution in [0.2, 0.25) is 0 Å². The van der Waals surface area contributed by atoms with E-state index in [1.165, 1.54) is 24.3 Å². The van der Waals surface area contributed by atoms with E-state index in [9.17, 15) is 4.79 Å². The monoisotopic (exact) mass is 277 g/mol. The zero-order valence-corrected chi connectivity index (χ0v) is 12.4. The van der Waals surface area contributed by atoms with E-state index >= 15 is 0 Å². The van der Waals surface area contributed by atoms with E-state index in [4.69, 9.17) is 11.6 Å². The van der Waals surface area contributed by atoms with Gasteiger partial charge in [-0.05, 0) is 43.1 Å². The second kappa shape index (κ2) is 9.09. The van der Waals surface area contributed by atoms with Crippen LogP contribution in [-0.4, -0.2) is 41.8 Å². The van der Waals surface area contributed by atoms with Crippen LogP contribution in [0.3, 0.4) is 0 Å². The molecule has 0 N–H and O–H groups in total. The van der Waals surface area contributed by atoms with Crippen molar-refractivity contribution in [2.75, 3.05) is 31.0 Å². The molecule has 1 aliphatic heterocycles. The number of rotatable bonds is 7. The number of hydrogen-bond donors (Lipinski definition) is 0. The van der Waals surface area contributed by atoms with Crippen molar-refractivity contribution in [2.24, 2.45) is 5.92 Å². The average molecular weight is 278 g/mol. The predicted molar refractivity (Wildman–Crippen MR) is 76.9 cm³/mol. The van der Waals surface area contributed by atoms with E-state index in [0.29, 0.717) is 11.8 Å². The van der Waals surface area contributed by atoms with Crippen molar-refractivity contribution in [1.29, 1.82) is 0 Å². The molecule has 2 nitrogen and oxygen atoms in total. The topological polar surface area (TPSA) is 20.3 Å². The molecule has 1 aliphatic rings. The van der Waals surface area contributed by atoms with Crippen molar-refractivity contribution >= 4 is 29.3 Å². The van der Waals surface area contributed by atoms with Crippen molar-refractivity contribution < 1.29 is 4.79 Å². The number of nitrogens with zero attached hydrogens (tertiary/aromatic N) is 1. The number of amides is 1. The summed E-state index contributed by atoms with van der Waals surface area (Å²) < 4.78 is 0. The Kier molecular flexibility index (Phi) is 8.12. The van der Waals surface area contributed by atoms with Gasteiger partial charge in [-0.15, -0.1) is 11.6 Å². The van der Waals surface area contributed by atoms with Gasteiger partial charge in [-0.2, -0.15) is 11.8 Å². The largest absolute Gasteiger partial charge is 0.346 e. The molecular weight excluding hydrogens is 254 g/mol. The summed E-state index contributed by atoms with van der Waals surface area (Å²) in [6.07, 6.45) is 6.46. The number of hydrogen-bond acceptors (Lipinski definition) is 2. The fraction of sp³-hybridized carbons (Fsp3) is 0.923. The minimum Gasteiger partial charge on any atom is -0.346 e. The van der Waals surface area contributed by atoms with E-state index < -0.39 is 0 Å². The third kappa shape index (κ3) is 6.56. The molecule has 1 rings (SSSR count). The molecule has 0 bridgehead atoms. The summed E-state index contributed by atoms with van der Waals surface area (Å²) in [7, 11) is 1.93. The first-order valence-electron chi connectivity index (χ1n) is 6.61.